The lowest BCUT2D eigenvalue weighted by molar-refractivity contribution is -0.144. The molecule has 5 heterocycles. The topological polar surface area (TPSA) is 112 Å². The first-order valence-corrected chi connectivity index (χ1v) is 12.6. The molecule has 0 saturated carbocycles. The van der Waals surface area contributed by atoms with Crippen molar-refractivity contribution in [3.63, 3.8) is 0 Å². The second-order valence-corrected chi connectivity index (χ2v) is 10.9. The average Bonchev–Trinajstić information content (AvgIpc) is 3.40. The van der Waals surface area contributed by atoms with E-state index in [-0.39, 0.29) is 42.8 Å². The molecule has 1 aromatic carbocycles. The van der Waals surface area contributed by atoms with Gasteiger partial charge in [0.2, 0.25) is 17.7 Å². The summed E-state index contributed by atoms with van der Waals surface area (Å²) in [6, 6.07) is 6.73. The van der Waals surface area contributed by atoms with E-state index in [1.54, 1.807) is 21.5 Å². The van der Waals surface area contributed by atoms with Crippen LogP contribution >= 0.6 is 11.8 Å². The molecule has 5 atom stereocenters. The first-order chi connectivity index (χ1) is 17.0. The summed E-state index contributed by atoms with van der Waals surface area (Å²) in [6.07, 6.45) is 7.86. The molecule has 1 unspecified atom stereocenters. The number of aromatic nitrogens is 3. The number of hydrogen-bond acceptors (Lipinski definition) is 7. The summed E-state index contributed by atoms with van der Waals surface area (Å²) in [6.45, 7) is 0.805. The minimum atomic E-state index is -0.879. The zero-order valence-electron chi connectivity index (χ0n) is 19.2. The van der Waals surface area contributed by atoms with Gasteiger partial charge in [0.25, 0.3) is 0 Å². The molecule has 2 saturated heterocycles. The highest BCUT2D eigenvalue weighted by Gasteiger charge is 2.70. The number of fused-ring (bicyclic) bond motifs is 3. The number of β-amino-alcohol motifs (C(OH)–C–C–N with tert-alkyl or cyclic N) is 1. The quantitative estimate of drug-likeness (QED) is 0.601. The number of aliphatic hydroxyl groups excluding tert-OH is 1. The minimum Gasteiger partial charge on any atom is -0.395 e. The third kappa shape index (κ3) is 3.17. The molecule has 0 radical (unpaired) electrons. The van der Waals surface area contributed by atoms with Crippen molar-refractivity contribution in [1.29, 1.82) is 0 Å². The zero-order chi connectivity index (χ0) is 24.3. The fraction of sp³-hybridized carbons (Fsp3) is 0.458. The number of amides is 3. The molecule has 2 aromatic rings. The number of aliphatic hydroxyl groups is 1. The molecule has 0 bridgehead atoms. The van der Waals surface area contributed by atoms with E-state index < -0.39 is 22.6 Å². The Morgan fingerprint density at radius 2 is 1.94 bits per heavy atom. The van der Waals surface area contributed by atoms with Crippen LogP contribution in [-0.2, 0) is 21.1 Å². The first kappa shape index (κ1) is 22.3. The number of para-hydroxylation sites is 1. The van der Waals surface area contributed by atoms with Crippen LogP contribution in [0.2, 0.25) is 0 Å². The lowest BCUT2D eigenvalue weighted by Gasteiger charge is -2.34. The monoisotopic (exact) mass is 494 g/mol. The van der Waals surface area contributed by atoms with Gasteiger partial charge in [-0.3, -0.25) is 14.4 Å². The Hall–Kier alpha value is -3.18. The Morgan fingerprint density at radius 3 is 2.77 bits per heavy atom. The summed E-state index contributed by atoms with van der Waals surface area (Å²) in [7, 11) is 1.74. The fourth-order valence-corrected chi connectivity index (χ4v) is 7.98. The molecule has 2 fully saturated rings. The maximum absolute atomic E-state index is 14.1. The number of nitrogens with zero attached hydrogens (tertiary/aromatic N) is 6. The smallest absolute Gasteiger partial charge is 0.248 e. The van der Waals surface area contributed by atoms with Crippen LogP contribution in [0.15, 0.2) is 48.6 Å². The lowest BCUT2D eigenvalue weighted by Crippen LogP contribution is -2.53. The van der Waals surface area contributed by atoms with Crippen LogP contribution in [0, 0.1) is 11.8 Å². The van der Waals surface area contributed by atoms with E-state index in [9.17, 15) is 19.5 Å². The molecule has 11 heteroatoms. The SMILES string of the molecule is CN1CC=C[C@H]2S[C@]34C=CCN(Cn5nnc6ccccc65)C(=O)C3N(CCO)C(=O)[C@@H]4[C@H]2C1=O. The van der Waals surface area contributed by atoms with E-state index in [2.05, 4.69) is 10.3 Å². The third-order valence-electron chi connectivity index (χ3n) is 7.51. The van der Waals surface area contributed by atoms with Gasteiger partial charge in [0.1, 0.15) is 18.2 Å². The van der Waals surface area contributed by atoms with Crippen LogP contribution < -0.4 is 0 Å². The van der Waals surface area contributed by atoms with E-state index in [0.29, 0.717) is 13.1 Å². The molecule has 35 heavy (non-hydrogen) atoms. The van der Waals surface area contributed by atoms with E-state index in [1.807, 2.05) is 48.6 Å². The summed E-state index contributed by atoms with van der Waals surface area (Å²) in [4.78, 5) is 46.0. The van der Waals surface area contributed by atoms with Gasteiger partial charge < -0.3 is 19.8 Å². The van der Waals surface area contributed by atoms with Crippen LogP contribution in [0.25, 0.3) is 11.0 Å². The van der Waals surface area contributed by atoms with Gasteiger partial charge >= 0.3 is 0 Å². The van der Waals surface area contributed by atoms with Gasteiger partial charge in [0.15, 0.2) is 0 Å². The third-order valence-corrected chi connectivity index (χ3v) is 9.25. The molecule has 4 aliphatic heterocycles. The van der Waals surface area contributed by atoms with Crippen molar-refractivity contribution < 1.29 is 19.5 Å². The van der Waals surface area contributed by atoms with Crippen molar-refractivity contribution >= 4 is 40.5 Å². The minimum absolute atomic E-state index is 0.0409. The molecule has 182 valence electrons. The van der Waals surface area contributed by atoms with Crippen molar-refractivity contribution in [3.05, 3.63) is 48.6 Å². The number of hydrogen-bond donors (Lipinski definition) is 1. The number of likely N-dealkylation sites (tertiary alicyclic amines) is 1. The van der Waals surface area contributed by atoms with Crippen LogP contribution in [-0.4, -0.2) is 102 Å². The molecule has 1 N–H and O–H groups in total. The van der Waals surface area contributed by atoms with Gasteiger partial charge in [-0.25, -0.2) is 4.68 Å². The summed E-state index contributed by atoms with van der Waals surface area (Å²) < 4.78 is 0.798. The summed E-state index contributed by atoms with van der Waals surface area (Å²) in [5.41, 5.74) is 1.55. The van der Waals surface area contributed by atoms with Crippen LogP contribution in [0.3, 0.4) is 0 Å². The number of rotatable bonds is 4. The number of benzene rings is 1. The van der Waals surface area contributed by atoms with Crippen LogP contribution in [0.5, 0.6) is 0 Å². The predicted octanol–water partition coefficient (Wildman–Crippen LogP) is 0.105. The largest absolute Gasteiger partial charge is 0.395 e. The molecule has 1 spiro atoms. The predicted molar refractivity (Wildman–Crippen MR) is 129 cm³/mol. The fourth-order valence-electron chi connectivity index (χ4n) is 5.97. The highest BCUT2D eigenvalue weighted by molar-refractivity contribution is 8.02. The van der Waals surface area contributed by atoms with E-state index in [1.165, 1.54) is 16.7 Å². The molecule has 4 aliphatic rings. The molecule has 6 rings (SSSR count). The Bertz CT molecular complexity index is 1280. The van der Waals surface area contributed by atoms with Crippen molar-refractivity contribution in [3.8, 4) is 0 Å². The van der Waals surface area contributed by atoms with Crippen molar-refractivity contribution in [1.82, 2.24) is 29.7 Å². The second kappa shape index (κ2) is 8.20. The molecular formula is C24H26N6O4S. The van der Waals surface area contributed by atoms with Crippen molar-refractivity contribution in [2.45, 2.75) is 22.7 Å². The molecular weight excluding hydrogens is 468 g/mol. The highest BCUT2D eigenvalue weighted by atomic mass is 32.2. The Kier molecular flexibility index (Phi) is 5.22. The van der Waals surface area contributed by atoms with Gasteiger partial charge in [-0.15, -0.1) is 16.9 Å². The van der Waals surface area contributed by atoms with E-state index >= 15 is 0 Å². The van der Waals surface area contributed by atoms with E-state index in [4.69, 9.17) is 0 Å². The first-order valence-electron chi connectivity index (χ1n) is 11.7. The molecule has 3 amide bonds. The van der Waals surface area contributed by atoms with E-state index in [0.717, 1.165) is 11.0 Å². The highest BCUT2D eigenvalue weighted by Crippen LogP contribution is 2.60. The normalized spacial score (nSPS) is 32.2. The summed E-state index contributed by atoms with van der Waals surface area (Å²) in [5.74, 6) is -1.76. The van der Waals surface area contributed by atoms with Crippen LogP contribution in [0.4, 0.5) is 0 Å². The molecule has 0 aliphatic carbocycles. The van der Waals surface area contributed by atoms with Crippen molar-refractivity contribution in [2.24, 2.45) is 11.8 Å². The maximum Gasteiger partial charge on any atom is 0.248 e. The van der Waals surface area contributed by atoms with Gasteiger partial charge in [-0.05, 0) is 12.1 Å². The van der Waals surface area contributed by atoms with Gasteiger partial charge in [-0.2, -0.15) is 0 Å². The number of carbonyl (C=O) groups excluding carboxylic acids is 3. The maximum atomic E-state index is 14.1. The Balaban J connectivity index is 1.40. The number of thioether (sulfide) groups is 1. The zero-order valence-corrected chi connectivity index (χ0v) is 20.0. The number of carbonyl (C=O) groups is 3. The summed E-state index contributed by atoms with van der Waals surface area (Å²) in [5, 5.41) is 18.0. The second-order valence-electron chi connectivity index (χ2n) is 9.43. The summed E-state index contributed by atoms with van der Waals surface area (Å²) >= 11 is 1.53. The Morgan fingerprint density at radius 1 is 1.11 bits per heavy atom. The van der Waals surface area contributed by atoms with Gasteiger partial charge in [0.05, 0.1) is 28.7 Å². The van der Waals surface area contributed by atoms with Gasteiger partial charge in [0, 0.05) is 31.9 Å². The standard InChI is InChI=1S/C24H26N6O4S/c1-27-10-4-8-17-18(21(27)32)19-22(33)29(12-13-31)20-23(34)28(11-5-9-24(19,20)35-17)14-30-16-7-3-2-6-15(16)25-26-30/h2-9,17-20,31H,10-14H2,1H3/t17-,18+,19+,20?,24+/m1/s1. The molecule has 10 nitrogen and oxygen atoms in total. The Labute approximate surface area is 206 Å². The average molecular weight is 495 g/mol. The van der Waals surface area contributed by atoms with Crippen LogP contribution in [0.1, 0.15) is 0 Å². The molecule has 1 aromatic heterocycles. The number of likely N-dealkylation sites (N-methyl/N-ethyl adjacent to an activating group) is 1. The van der Waals surface area contributed by atoms with Gasteiger partial charge in [-0.1, -0.05) is 41.7 Å². The lowest BCUT2D eigenvalue weighted by atomic mass is 9.78. The van der Waals surface area contributed by atoms with Crippen molar-refractivity contribution in [2.75, 3.05) is 33.3 Å².